The summed E-state index contributed by atoms with van der Waals surface area (Å²) in [5.41, 5.74) is 6.91. The topological polar surface area (TPSA) is 26.0 Å². The highest BCUT2D eigenvalue weighted by Gasteiger charge is 2.08. The van der Waals surface area contributed by atoms with Crippen molar-refractivity contribution in [2.75, 3.05) is 0 Å². The number of halogens is 3. The van der Waals surface area contributed by atoms with E-state index in [2.05, 4.69) is 15.9 Å². The molecule has 5 heteroatoms. The van der Waals surface area contributed by atoms with Crippen LogP contribution in [-0.2, 0) is 6.42 Å². The molecule has 0 radical (unpaired) electrons. The molecule has 1 unspecified atom stereocenters. The molecule has 0 spiro atoms. The Hall–Kier alpha value is -0.910. The molecule has 1 atom stereocenters. The fraction of sp³-hybridized carbons (Fsp3) is 0.200. The first-order valence-corrected chi connectivity index (χ1v) is 7.73. The van der Waals surface area contributed by atoms with Crippen molar-refractivity contribution >= 4 is 27.7 Å². The first kappa shape index (κ1) is 15.5. The smallest absolute Gasteiger partial charge is 0.159 e. The van der Waals surface area contributed by atoms with Gasteiger partial charge < -0.3 is 5.73 Å². The summed E-state index contributed by atoms with van der Waals surface area (Å²) in [6.07, 6.45) is 0.800. The number of benzene rings is 2. The lowest BCUT2D eigenvalue weighted by Gasteiger charge is -2.09. The minimum Gasteiger partial charge on any atom is -0.328 e. The van der Waals surface area contributed by atoms with Crippen LogP contribution in [0.3, 0.4) is 0 Å². The highest BCUT2D eigenvalue weighted by atomic mass is 79.9. The van der Waals surface area contributed by atoms with E-state index in [4.69, 9.17) is 5.73 Å². The molecule has 1 nitrogen and oxygen atoms in total. The Bertz CT molecular complexity index is 617. The zero-order valence-corrected chi connectivity index (χ0v) is 13.3. The van der Waals surface area contributed by atoms with Crippen LogP contribution >= 0.6 is 27.7 Å². The molecule has 0 saturated heterocycles. The Kier molecular flexibility index (Phi) is 5.18. The van der Waals surface area contributed by atoms with Gasteiger partial charge in [-0.05, 0) is 65.2 Å². The van der Waals surface area contributed by atoms with Gasteiger partial charge in [-0.15, -0.1) is 0 Å². The highest BCUT2D eigenvalue weighted by molar-refractivity contribution is 9.10. The summed E-state index contributed by atoms with van der Waals surface area (Å²) >= 11 is 4.88. The minimum atomic E-state index is -0.834. The van der Waals surface area contributed by atoms with Crippen molar-refractivity contribution in [2.45, 2.75) is 29.2 Å². The molecule has 0 aromatic heterocycles. The van der Waals surface area contributed by atoms with Gasteiger partial charge in [-0.3, -0.25) is 0 Å². The van der Waals surface area contributed by atoms with Gasteiger partial charge in [-0.1, -0.05) is 17.8 Å². The standard InChI is InChI=1S/C15H14BrF2NS/c1-9(19)6-10-2-5-15(12(16)7-10)20-11-3-4-13(17)14(18)8-11/h2-5,7-9H,6,19H2,1H3. The van der Waals surface area contributed by atoms with Gasteiger partial charge in [0.2, 0.25) is 0 Å². The van der Waals surface area contributed by atoms with Crippen molar-refractivity contribution < 1.29 is 8.78 Å². The minimum absolute atomic E-state index is 0.103. The van der Waals surface area contributed by atoms with Crippen molar-refractivity contribution in [1.82, 2.24) is 0 Å². The average Bonchev–Trinajstić information content (AvgIpc) is 2.36. The Morgan fingerprint density at radius 3 is 2.50 bits per heavy atom. The predicted octanol–water partition coefficient (Wildman–Crippen LogP) is 4.77. The first-order valence-electron chi connectivity index (χ1n) is 6.12. The first-order chi connectivity index (χ1) is 9.45. The molecule has 0 bridgehead atoms. The van der Waals surface area contributed by atoms with Crippen LogP contribution in [0.25, 0.3) is 0 Å². The van der Waals surface area contributed by atoms with Gasteiger partial charge in [-0.2, -0.15) is 0 Å². The van der Waals surface area contributed by atoms with E-state index in [1.807, 2.05) is 25.1 Å². The highest BCUT2D eigenvalue weighted by Crippen LogP contribution is 2.34. The van der Waals surface area contributed by atoms with Crippen LogP contribution < -0.4 is 5.73 Å². The summed E-state index contributed by atoms with van der Waals surface area (Å²) < 4.78 is 27.0. The Balaban J connectivity index is 2.19. The SMILES string of the molecule is CC(N)Cc1ccc(Sc2ccc(F)c(F)c2)c(Br)c1. The number of hydrogen-bond donors (Lipinski definition) is 1. The van der Waals surface area contributed by atoms with E-state index in [1.165, 1.54) is 17.8 Å². The number of nitrogens with two attached hydrogens (primary N) is 1. The van der Waals surface area contributed by atoms with Gasteiger partial charge in [0.25, 0.3) is 0 Å². The Labute approximate surface area is 129 Å². The quantitative estimate of drug-likeness (QED) is 0.852. The largest absolute Gasteiger partial charge is 0.328 e. The van der Waals surface area contributed by atoms with E-state index < -0.39 is 11.6 Å². The van der Waals surface area contributed by atoms with Crippen LogP contribution in [-0.4, -0.2) is 6.04 Å². The summed E-state index contributed by atoms with van der Waals surface area (Å²) in [4.78, 5) is 1.61. The van der Waals surface area contributed by atoms with Crippen molar-refractivity contribution in [3.8, 4) is 0 Å². The molecule has 20 heavy (non-hydrogen) atoms. The van der Waals surface area contributed by atoms with E-state index in [9.17, 15) is 8.78 Å². The second kappa shape index (κ2) is 6.70. The summed E-state index contributed by atoms with van der Waals surface area (Å²) in [6, 6.07) is 9.95. The fourth-order valence-corrected chi connectivity index (χ4v) is 3.31. The summed E-state index contributed by atoms with van der Waals surface area (Å²) in [7, 11) is 0. The average molecular weight is 358 g/mol. The summed E-state index contributed by atoms with van der Waals surface area (Å²) in [6.45, 7) is 1.96. The van der Waals surface area contributed by atoms with E-state index >= 15 is 0 Å². The molecule has 0 aliphatic rings. The van der Waals surface area contributed by atoms with Gasteiger partial charge >= 0.3 is 0 Å². The molecule has 0 aliphatic carbocycles. The molecule has 2 aromatic rings. The predicted molar refractivity (Wildman–Crippen MR) is 82.0 cm³/mol. The number of rotatable bonds is 4. The number of hydrogen-bond acceptors (Lipinski definition) is 2. The lowest BCUT2D eigenvalue weighted by Crippen LogP contribution is -2.17. The van der Waals surface area contributed by atoms with Gasteiger partial charge in [-0.25, -0.2) is 8.78 Å². The molecule has 2 aromatic carbocycles. The van der Waals surface area contributed by atoms with Crippen LogP contribution in [0.1, 0.15) is 12.5 Å². The van der Waals surface area contributed by atoms with E-state index in [-0.39, 0.29) is 6.04 Å². The molecule has 106 valence electrons. The molecule has 0 aliphatic heterocycles. The lowest BCUT2D eigenvalue weighted by molar-refractivity contribution is 0.506. The van der Waals surface area contributed by atoms with Crippen molar-refractivity contribution in [3.05, 3.63) is 58.1 Å². The van der Waals surface area contributed by atoms with E-state index in [1.54, 1.807) is 6.07 Å². The maximum atomic E-state index is 13.2. The molecular formula is C15H14BrF2NS. The normalized spacial score (nSPS) is 12.4. The van der Waals surface area contributed by atoms with Gasteiger partial charge in [0.05, 0.1) is 0 Å². The fourth-order valence-electron chi connectivity index (χ4n) is 1.79. The second-order valence-electron chi connectivity index (χ2n) is 4.62. The second-order valence-corrected chi connectivity index (χ2v) is 6.59. The summed E-state index contributed by atoms with van der Waals surface area (Å²) in [5, 5.41) is 0. The van der Waals surface area contributed by atoms with Crippen LogP contribution in [0.2, 0.25) is 0 Å². The van der Waals surface area contributed by atoms with Crippen LogP contribution in [0.15, 0.2) is 50.7 Å². The molecule has 0 amide bonds. The van der Waals surface area contributed by atoms with Crippen molar-refractivity contribution in [2.24, 2.45) is 5.73 Å². The van der Waals surface area contributed by atoms with Crippen LogP contribution in [0.4, 0.5) is 8.78 Å². The molecule has 0 saturated carbocycles. The molecule has 0 fully saturated rings. The van der Waals surface area contributed by atoms with Crippen LogP contribution in [0, 0.1) is 11.6 Å². The van der Waals surface area contributed by atoms with Crippen LogP contribution in [0.5, 0.6) is 0 Å². The van der Waals surface area contributed by atoms with Crippen molar-refractivity contribution in [3.63, 3.8) is 0 Å². The third kappa shape index (κ3) is 4.04. The molecule has 2 rings (SSSR count). The zero-order chi connectivity index (χ0) is 14.7. The van der Waals surface area contributed by atoms with E-state index in [0.29, 0.717) is 4.90 Å². The molecule has 0 heterocycles. The molecular weight excluding hydrogens is 344 g/mol. The lowest BCUT2D eigenvalue weighted by atomic mass is 10.1. The Morgan fingerprint density at radius 1 is 1.15 bits per heavy atom. The maximum absolute atomic E-state index is 13.2. The zero-order valence-electron chi connectivity index (χ0n) is 10.9. The van der Waals surface area contributed by atoms with E-state index in [0.717, 1.165) is 27.4 Å². The van der Waals surface area contributed by atoms with Gasteiger partial charge in [0.1, 0.15) is 0 Å². The maximum Gasteiger partial charge on any atom is 0.159 e. The Morgan fingerprint density at radius 2 is 1.90 bits per heavy atom. The monoisotopic (exact) mass is 357 g/mol. The van der Waals surface area contributed by atoms with Gasteiger partial charge in [0.15, 0.2) is 11.6 Å². The molecule has 2 N–H and O–H groups in total. The third-order valence-electron chi connectivity index (χ3n) is 2.67. The van der Waals surface area contributed by atoms with Crippen molar-refractivity contribution in [1.29, 1.82) is 0 Å². The third-order valence-corrected chi connectivity index (χ3v) is 4.66. The summed E-state index contributed by atoms with van der Waals surface area (Å²) in [5.74, 6) is -1.67. The van der Waals surface area contributed by atoms with Gasteiger partial charge in [0, 0.05) is 20.3 Å².